The first kappa shape index (κ1) is 18.8. The van der Waals surface area contributed by atoms with E-state index in [0.29, 0.717) is 11.4 Å². The van der Waals surface area contributed by atoms with Crippen LogP contribution in [0.5, 0.6) is 0 Å². The molecule has 27 heavy (non-hydrogen) atoms. The van der Waals surface area contributed by atoms with Crippen LogP contribution in [0.15, 0.2) is 42.5 Å². The topological polar surface area (TPSA) is 72.7 Å². The number of benzene rings is 2. The molecule has 0 aliphatic rings. The van der Waals surface area contributed by atoms with Gasteiger partial charge in [-0.15, -0.1) is 5.10 Å². The number of hydrogen-bond acceptors (Lipinski definition) is 4. The maximum Gasteiger partial charge on any atom is 0.251 e. The van der Waals surface area contributed by atoms with Crippen LogP contribution in [0.2, 0.25) is 0 Å². The maximum absolute atomic E-state index is 12.9. The van der Waals surface area contributed by atoms with Gasteiger partial charge in [-0.2, -0.15) is 4.68 Å². The standard InChI is InChI=1S/C21H25N5O/c1-6-21(4,5)22-20(27)18-11-17(16-9-7-14(2)8-10-16)12-19(13-18)26-15(3)23-24-25-26/h7-13H,6H2,1-5H3,(H,22,27). The second-order valence-corrected chi connectivity index (χ2v) is 7.46. The van der Waals surface area contributed by atoms with Gasteiger partial charge in [0.05, 0.1) is 5.69 Å². The van der Waals surface area contributed by atoms with Crippen molar-refractivity contribution in [3.63, 3.8) is 0 Å². The Bertz CT molecular complexity index is 957. The van der Waals surface area contributed by atoms with Crippen molar-refractivity contribution in [2.75, 3.05) is 0 Å². The van der Waals surface area contributed by atoms with Gasteiger partial charge in [0.1, 0.15) is 0 Å². The summed E-state index contributed by atoms with van der Waals surface area (Å²) >= 11 is 0. The smallest absolute Gasteiger partial charge is 0.251 e. The molecule has 1 aromatic heterocycles. The van der Waals surface area contributed by atoms with Gasteiger partial charge in [0.15, 0.2) is 5.82 Å². The summed E-state index contributed by atoms with van der Waals surface area (Å²) in [7, 11) is 0. The summed E-state index contributed by atoms with van der Waals surface area (Å²) < 4.78 is 1.64. The van der Waals surface area contributed by atoms with Crippen LogP contribution in [0, 0.1) is 13.8 Å². The SMILES string of the molecule is CCC(C)(C)NC(=O)c1cc(-c2ccc(C)cc2)cc(-n2nnnc2C)c1. The van der Waals surface area contributed by atoms with Crippen LogP contribution in [-0.2, 0) is 0 Å². The van der Waals surface area contributed by atoms with E-state index < -0.39 is 0 Å². The molecule has 0 aliphatic heterocycles. The minimum atomic E-state index is -0.276. The molecule has 0 spiro atoms. The number of carbonyl (C=O) groups is 1. The molecule has 0 bridgehead atoms. The third-order valence-electron chi connectivity index (χ3n) is 4.77. The van der Waals surface area contributed by atoms with Crippen molar-refractivity contribution in [2.24, 2.45) is 0 Å². The minimum Gasteiger partial charge on any atom is -0.347 e. The lowest BCUT2D eigenvalue weighted by Gasteiger charge is -2.24. The van der Waals surface area contributed by atoms with Crippen molar-refractivity contribution < 1.29 is 4.79 Å². The Balaban J connectivity index is 2.10. The van der Waals surface area contributed by atoms with E-state index in [1.54, 1.807) is 4.68 Å². The summed E-state index contributed by atoms with van der Waals surface area (Å²) in [5, 5.41) is 14.8. The van der Waals surface area contributed by atoms with E-state index in [-0.39, 0.29) is 11.4 Å². The monoisotopic (exact) mass is 363 g/mol. The summed E-state index contributed by atoms with van der Waals surface area (Å²) in [5.74, 6) is 0.555. The minimum absolute atomic E-state index is 0.109. The third kappa shape index (κ3) is 4.22. The first-order chi connectivity index (χ1) is 12.8. The molecule has 6 nitrogen and oxygen atoms in total. The van der Waals surface area contributed by atoms with E-state index >= 15 is 0 Å². The summed E-state index contributed by atoms with van der Waals surface area (Å²) in [6.45, 7) is 9.97. The van der Waals surface area contributed by atoms with Gasteiger partial charge in [0, 0.05) is 11.1 Å². The average molecular weight is 363 g/mol. The van der Waals surface area contributed by atoms with Gasteiger partial charge in [-0.3, -0.25) is 4.79 Å². The number of nitrogens with one attached hydrogen (secondary N) is 1. The first-order valence-corrected chi connectivity index (χ1v) is 9.09. The van der Waals surface area contributed by atoms with Gasteiger partial charge in [-0.05, 0) is 73.9 Å². The van der Waals surface area contributed by atoms with E-state index in [2.05, 4.69) is 59.0 Å². The molecule has 0 unspecified atom stereocenters. The fraction of sp³-hybridized carbons (Fsp3) is 0.333. The molecule has 1 amide bonds. The van der Waals surface area contributed by atoms with Crippen LogP contribution in [0.1, 0.15) is 48.9 Å². The summed E-state index contributed by atoms with van der Waals surface area (Å²) in [6.07, 6.45) is 0.843. The third-order valence-corrected chi connectivity index (χ3v) is 4.77. The number of nitrogens with zero attached hydrogens (tertiary/aromatic N) is 4. The Hall–Kier alpha value is -3.02. The lowest BCUT2D eigenvalue weighted by molar-refractivity contribution is 0.0911. The Morgan fingerprint density at radius 1 is 1.07 bits per heavy atom. The molecule has 140 valence electrons. The zero-order chi connectivity index (χ0) is 19.6. The Kier molecular flexibility index (Phi) is 5.08. The zero-order valence-corrected chi connectivity index (χ0v) is 16.4. The number of hydrogen-bond donors (Lipinski definition) is 1. The van der Waals surface area contributed by atoms with Crippen LogP contribution in [0.3, 0.4) is 0 Å². The number of carbonyl (C=O) groups excluding carboxylic acids is 1. The van der Waals surface area contributed by atoms with E-state index in [4.69, 9.17) is 0 Å². The maximum atomic E-state index is 12.9. The number of amides is 1. The first-order valence-electron chi connectivity index (χ1n) is 9.09. The van der Waals surface area contributed by atoms with E-state index in [1.807, 2.05) is 39.0 Å². The summed E-state index contributed by atoms with van der Waals surface area (Å²) in [5.41, 5.74) is 4.24. The molecule has 2 aromatic carbocycles. The van der Waals surface area contributed by atoms with Gasteiger partial charge in [-0.25, -0.2) is 0 Å². The molecular formula is C21H25N5O. The van der Waals surface area contributed by atoms with E-state index in [0.717, 1.165) is 23.2 Å². The van der Waals surface area contributed by atoms with Gasteiger partial charge in [-0.1, -0.05) is 36.8 Å². The highest BCUT2D eigenvalue weighted by Crippen LogP contribution is 2.25. The predicted octanol–water partition coefficient (Wildman–Crippen LogP) is 3.86. The summed E-state index contributed by atoms with van der Waals surface area (Å²) in [4.78, 5) is 12.9. The molecule has 0 saturated heterocycles. The molecule has 0 fully saturated rings. The highest BCUT2D eigenvalue weighted by Gasteiger charge is 2.20. The fourth-order valence-corrected chi connectivity index (χ4v) is 2.72. The van der Waals surface area contributed by atoms with Crippen LogP contribution >= 0.6 is 0 Å². The fourth-order valence-electron chi connectivity index (χ4n) is 2.72. The molecule has 6 heteroatoms. The second kappa shape index (κ2) is 7.31. The molecule has 0 aliphatic carbocycles. The van der Waals surface area contributed by atoms with E-state index in [1.165, 1.54) is 5.56 Å². The molecular weight excluding hydrogens is 338 g/mol. The highest BCUT2D eigenvalue weighted by atomic mass is 16.1. The number of tetrazole rings is 1. The lowest BCUT2D eigenvalue weighted by Crippen LogP contribution is -2.42. The van der Waals surface area contributed by atoms with Crippen molar-refractivity contribution in [3.8, 4) is 16.8 Å². The van der Waals surface area contributed by atoms with Gasteiger partial charge < -0.3 is 5.32 Å². The largest absolute Gasteiger partial charge is 0.347 e. The van der Waals surface area contributed by atoms with Crippen LogP contribution < -0.4 is 5.32 Å². The predicted molar refractivity (Wildman–Crippen MR) is 106 cm³/mol. The number of aromatic nitrogens is 4. The molecule has 3 rings (SSSR count). The normalized spacial score (nSPS) is 11.4. The van der Waals surface area contributed by atoms with Gasteiger partial charge in [0.2, 0.25) is 0 Å². The summed E-state index contributed by atoms with van der Waals surface area (Å²) in [6, 6.07) is 14.0. The van der Waals surface area contributed by atoms with Crippen molar-refractivity contribution >= 4 is 5.91 Å². The highest BCUT2D eigenvalue weighted by molar-refractivity contribution is 5.96. The number of aryl methyl sites for hydroxylation is 2. The molecule has 3 aromatic rings. The number of rotatable bonds is 5. The quantitative estimate of drug-likeness (QED) is 0.747. The second-order valence-electron chi connectivity index (χ2n) is 7.46. The van der Waals surface area contributed by atoms with Gasteiger partial charge in [0.25, 0.3) is 5.91 Å². The average Bonchev–Trinajstić information content (AvgIpc) is 3.07. The van der Waals surface area contributed by atoms with Crippen LogP contribution in [-0.4, -0.2) is 31.7 Å². The van der Waals surface area contributed by atoms with Crippen LogP contribution in [0.4, 0.5) is 0 Å². The zero-order valence-electron chi connectivity index (χ0n) is 16.4. The lowest BCUT2D eigenvalue weighted by atomic mass is 9.98. The van der Waals surface area contributed by atoms with Crippen molar-refractivity contribution in [3.05, 3.63) is 59.4 Å². The van der Waals surface area contributed by atoms with Gasteiger partial charge >= 0.3 is 0 Å². The van der Waals surface area contributed by atoms with E-state index in [9.17, 15) is 4.79 Å². The molecule has 0 saturated carbocycles. The van der Waals surface area contributed by atoms with Crippen LogP contribution in [0.25, 0.3) is 16.8 Å². The van der Waals surface area contributed by atoms with Crippen molar-refractivity contribution in [2.45, 2.75) is 46.6 Å². The molecule has 1 heterocycles. The Morgan fingerprint density at radius 2 is 1.78 bits per heavy atom. The molecule has 1 N–H and O–H groups in total. The van der Waals surface area contributed by atoms with Crippen molar-refractivity contribution in [1.82, 2.24) is 25.5 Å². The Labute approximate surface area is 159 Å². The van der Waals surface area contributed by atoms with Crippen molar-refractivity contribution in [1.29, 1.82) is 0 Å². The molecule has 0 atom stereocenters. The Morgan fingerprint density at radius 3 is 2.37 bits per heavy atom. The molecule has 0 radical (unpaired) electrons.